The number of aryl methyl sites for hydroxylation is 1. The van der Waals surface area contributed by atoms with Gasteiger partial charge in [-0.15, -0.1) is 6.58 Å². The van der Waals surface area contributed by atoms with Gasteiger partial charge in [0.15, 0.2) is 0 Å². The van der Waals surface area contributed by atoms with Gasteiger partial charge in [0, 0.05) is 4.47 Å². The van der Waals surface area contributed by atoms with Gasteiger partial charge in [-0.2, -0.15) is 0 Å². The summed E-state index contributed by atoms with van der Waals surface area (Å²) in [7, 11) is -8.05. The van der Waals surface area contributed by atoms with Crippen molar-refractivity contribution in [2.45, 2.75) is 17.9 Å². The van der Waals surface area contributed by atoms with Gasteiger partial charge in [-0.05, 0) is 37.3 Å². The van der Waals surface area contributed by atoms with Crippen LogP contribution >= 0.6 is 15.9 Å². The highest BCUT2D eigenvalue weighted by Crippen LogP contribution is 2.34. The van der Waals surface area contributed by atoms with Crippen molar-refractivity contribution in [3.63, 3.8) is 0 Å². The fraction of sp³-hybridized carbons (Fsp3) is 0.211. The van der Waals surface area contributed by atoms with Crippen molar-refractivity contribution in [1.29, 1.82) is 0 Å². The van der Waals surface area contributed by atoms with Crippen molar-refractivity contribution in [1.82, 2.24) is 4.31 Å². The Balaban J connectivity index is 2.25. The number of sulfonamides is 2. The lowest BCUT2D eigenvalue weighted by molar-refractivity contribution is 0.0865. The summed E-state index contributed by atoms with van der Waals surface area (Å²) in [5.74, 6) is -0.800. The van der Waals surface area contributed by atoms with Gasteiger partial charge in [-0.1, -0.05) is 39.7 Å². The maximum absolute atomic E-state index is 13.2. The van der Waals surface area contributed by atoms with Crippen LogP contribution in [-0.2, 0) is 20.0 Å². The zero-order chi connectivity index (χ0) is 21.6. The Morgan fingerprint density at radius 2 is 1.72 bits per heavy atom. The molecule has 1 aliphatic heterocycles. The van der Waals surface area contributed by atoms with E-state index in [1.54, 1.807) is 18.2 Å². The van der Waals surface area contributed by atoms with E-state index in [0.717, 1.165) is 16.1 Å². The molecule has 3 rings (SSSR count). The normalized spacial score (nSPS) is 17.6. The van der Waals surface area contributed by atoms with Crippen LogP contribution in [0.3, 0.4) is 0 Å². The summed E-state index contributed by atoms with van der Waals surface area (Å²) in [4.78, 5) is 13.2. The highest BCUT2D eigenvalue weighted by Gasteiger charge is 2.41. The topological polar surface area (TPSA) is 91.8 Å². The largest absolute Gasteiger partial charge is 0.269 e. The third kappa shape index (κ3) is 3.96. The van der Waals surface area contributed by atoms with Crippen LogP contribution < -0.4 is 4.31 Å². The fourth-order valence-corrected chi connectivity index (χ4v) is 6.05. The molecule has 0 fully saturated rings. The van der Waals surface area contributed by atoms with E-state index < -0.39 is 38.5 Å². The molecule has 29 heavy (non-hydrogen) atoms. The molecule has 1 amide bonds. The van der Waals surface area contributed by atoms with E-state index in [1.165, 1.54) is 30.3 Å². The maximum atomic E-state index is 13.2. The molecular weight excluding hydrogens is 480 g/mol. The van der Waals surface area contributed by atoms with Gasteiger partial charge in [0.05, 0.1) is 35.0 Å². The minimum Gasteiger partial charge on any atom is -0.268 e. The maximum Gasteiger partial charge on any atom is 0.269 e. The molecule has 0 aromatic heterocycles. The van der Waals surface area contributed by atoms with Gasteiger partial charge in [-0.3, -0.25) is 9.10 Å². The summed E-state index contributed by atoms with van der Waals surface area (Å²) >= 11 is 3.28. The van der Waals surface area contributed by atoms with Crippen LogP contribution in [0.15, 0.2) is 64.5 Å². The zero-order valence-corrected chi connectivity index (χ0v) is 19.0. The van der Waals surface area contributed by atoms with E-state index >= 15 is 0 Å². The number of fused-ring (bicyclic) bond motifs is 1. The summed E-state index contributed by atoms with van der Waals surface area (Å²) in [5.41, 5.74) is 0.936. The van der Waals surface area contributed by atoms with Crippen LogP contribution in [-0.4, -0.2) is 45.9 Å². The molecule has 2 aromatic rings. The molecule has 10 heteroatoms. The van der Waals surface area contributed by atoms with Crippen molar-refractivity contribution in [3.05, 3.63) is 70.7 Å². The average Bonchev–Trinajstić information content (AvgIpc) is 2.76. The van der Waals surface area contributed by atoms with Crippen molar-refractivity contribution in [3.8, 4) is 0 Å². The zero-order valence-electron chi connectivity index (χ0n) is 15.7. The predicted octanol–water partition coefficient (Wildman–Crippen LogP) is 2.92. The van der Waals surface area contributed by atoms with E-state index in [2.05, 4.69) is 22.5 Å². The van der Waals surface area contributed by atoms with Gasteiger partial charge >= 0.3 is 0 Å². The second-order valence-corrected chi connectivity index (χ2v) is 11.3. The lowest BCUT2D eigenvalue weighted by atomic mass is 10.1. The molecule has 0 unspecified atom stereocenters. The molecule has 0 bridgehead atoms. The number of anilines is 1. The molecule has 0 aliphatic carbocycles. The second kappa shape index (κ2) is 7.58. The SMILES string of the molecule is C=C[C@@H]1CN(S(=O)(=O)c2ccc(C)cc2)C(=O)c2ccc(Br)cc2N1S(C)(=O)=O. The van der Waals surface area contributed by atoms with E-state index in [0.29, 0.717) is 8.78 Å². The Morgan fingerprint density at radius 3 is 2.28 bits per heavy atom. The number of halogens is 1. The van der Waals surface area contributed by atoms with Crippen molar-refractivity contribution < 1.29 is 21.6 Å². The summed E-state index contributed by atoms with van der Waals surface area (Å²) in [5, 5.41) is 0. The summed E-state index contributed by atoms with van der Waals surface area (Å²) in [6, 6.07) is 9.58. The first-order chi connectivity index (χ1) is 13.5. The molecule has 1 heterocycles. The minimum atomic E-state index is -4.21. The first-order valence-corrected chi connectivity index (χ1v) is 12.6. The van der Waals surface area contributed by atoms with E-state index in [4.69, 9.17) is 0 Å². The van der Waals surface area contributed by atoms with E-state index in [-0.39, 0.29) is 16.1 Å². The Kier molecular flexibility index (Phi) is 5.63. The van der Waals surface area contributed by atoms with E-state index in [9.17, 15) is 21.6 Å². The number of hydrogen-bond donors (Lipinski definition) is 0. The standard InChI is InChI=1S/C19H19BrN2O5S2/c1-4-15-12-21(29(26,27)16-8-5-13(2)6-9-16)19(23)17-10-7-14(20)11-18(17)22(15)28(3,24)25/h4-11,15H,1,12H2,2-3H3/t15-/m1/s1. The molecule has 0 N–H and O–H groups in total. The Bertz CT molecular complexity index is 1190. The molecule has 0 spiro atoms. The molecule has 0 radical (unpaired) electrons. The molecule has 2 aromatic carbocycles. The van der Waals surface area contributed by atoms with E-state index in [1.807, 2.05) is 6.92 Å². The van der Waals surface area contributed by atoms with Gasteiger partial charge in [0.1, 0.15) is 0 Å². The molecule has 154 valence electrons. The van der Waals surface area contributed by atoms with Gasteiger partial charge in [0.25, 0.3) is 15.9 Å². The fourth-order valence-electron chi connectivity index (χ4n) is 3.15. The molecule has 0 saturated heterocycles. The summed E-state index contributed by atoms with van der Waals surface area (Å²) in [6.45, 7) is 5.09. The number of amides is 1. The average molecular weight is 499 g/mol. The van der Waals surface area contributed by atoms with Crippen LogP contribution in [0.1, 0.15) is 15.9 Å². The minimum absolute atomic E-state index is 0.0290. The lowest BCUT2D eigenvalue weighted by Gasteiger charge is -2.29. The van der Waals surface area contributed by atoms with Crippen LogP contribution in [0.25, 0.3) is 0 Å². The molecule has 1 aliphatic rings. The molecule has 7 nitrogen and oxygen atoms in total. The lowest BCUT2D eigenvalue weighted by Crippen LogP contribution is -2.46. The number of nitrogens with zero attached hydrogens (tertiary/aromatic N) is 2. The van der Waals surface area contributed by atoms with Crippen molar-refractivity contribution in [2.75, 3.05) is 17.1 Å². The van der Waals surface area contributed by atoms with Crippen LogP contribution in [0.4, 0.5) is 5.69 Å². The van der Waals surface area contributed by atoms with Crippen LogP contribution in [0.5, 0.6) is 0 Å². The number of carbonyl (C=O) groups excluding carboxylic acids is 1. The van der Waals surface area contributed by atoms with Crippen LogP contribution in [0.2, 0.25) is 0 Å². The molecular formula is C19H19BrN2O5S2. The van der Waals surface area contributed by atoms with Gasteiger partial charge in [-0.25, -0.2) is 21.1 Å². The Labute approximate surface area is 178 Å². The Morgan fingerprint density at radius 1 is 1.10 bits per heavy atom. The highest BCUT2D eigenvalue weighted by molar-refractivity contribution is 9.10. The first-order valence-electron chi connectivity index (χ1n) is 8.52. The molecule has 0 saturated carbocycles. The number of hydrogen-bond acceptors (Lipinski definition) is 5. The number of carbonyl (C=O) groups is 1. The number of rotatable bonds is 4. The third-order valence-electron chi connectivity index (χ3n) is 4.55. The number of benzene rings is 2. The van der Waals surface area contributed by atoms with Crippen molar-refractivity contribution >= 4 is 47.6 Å². The quantitative estimate of drug-likeness (QED) is 0.604. The summed E-state index contributed by atoms with van der Waals surface area (Å²) in [6.07, 6.45) is 2.32. The molecule has 1 atom stereocenters. The first kappa shape index (κ1) is 21.5. The predicted molar refractivity (Wildman–Crippen MR) is 115 cm³/mol. The second-order valence-electron chi connectivity index (χ2n) is 6.68. The third-order valence-corrected chi connectivity index (χ3v) is 7.98. The van der Waals surface area contributed by atoms with Crippen molar-refractivity contribution in [2.24, 2.45) is 0 Å². The Hall–Kier alpha value is -2.17. The highest BCUT2D eigenvalue weighted by atomic mass is 79.9. The summed E-state index contributed by atoms with van der Waals surface area (Å²) < 4.78 is 53.9. The van der Waals surface area contributed by atoms with Crippen LogP contribution in [0, 0.1) is 6.92 Å². The smallest absolute Gasteiger partial charge is 0.268 e. The van der Waals surface area contributed by atoms with Gasteiger partial charge in [0.2, 0.25) is 10.0 Å². The monoisotopic (exact) mass is 498 g/mol. The van der Waals surface area contributed by atoms with Gasteiger partial charge < -0.3 is 0 Å².